The number of hydrogen-bond acceptors (Lipinski definition) is 4. The molecule has 0 unspecified atom stereocenters. The second kappa shape index (κ2) is 9.40. The average Bonchev–Trinajstić information content (AvgIpc) is 2.15. The van der Waals surface area contributed by atoms with Crippen molar-refractivity contribution in [2.45, 2.75) is 26.1 Å². The molecule has 0 spiro atoms. The van der Waals surface area contributed by atoms with Crippen LogP contribution in [-0.2, 0) is 19.1 Å². The normalized spacial score (nSPS) is 13.6. The van der Waals surface area contributed by atoms with E-state index in [-0.39, 0.29) is 0 Å². The van der Waals surface area contributed by atoms with E-state index >= 15 is 0 Å². The third-order valence-corrected chi connectivity index (χ3v) is 1.96. The fourth-order valence-corrected chi connectivity index (χ4v) is 0.363. The Hall–Kier alpha value is -0.160. The smallest absolute Gasteiger partial charge is 0.250 e. The van der Waals surface area contributed by atoms with Gasteiger partial charge in [-0.2, -0.15) is 0 Å². The van der Waals surface area contributed by atoms with Crippen LogP contribution in [0.4, 0.5) is 0 Å². The summed E-state index contributed by atoms with van der Waals surface area (Å²) in [7, 11) is 2.87. The van der Waals surface area contributed by atoms with Gasteiger partial charge >= 0.3 is 0 Å². The van der Waals surface area contributed by atoms with Crippen molar-refractivity contribution in [2.24, 2.45) is 0 Å². The van der Waals surface area contributed by atoms with Gasteiger partial charge < -0.3 is 9.47 Å². The van der Waals surface area contributed by atoms with Crippen molar-refractivity contribution in [3.8, 4) is 0 Å². The Balaban J connectivity index is 0. The van der Waals surface area contributed by atoms with Gasteiger partial charge in [-0.3, -0.25) is 9.59 Å². The minimum absolute atomic E-state index is 0.456. The summed E-state index contributed by atoms with van der Waals surface area (Å²) in [5, 5.41) is -0.912. The summed E-state index contributed by atoms with van der Waals surface area (Å²) in [6.45, 7) is 3.19. The molecule has 0 saturated carbocycles. The first-order valence-electron chi connectivity index (χ1n) is 3.81. The quantitative estimate of drug-likeness (QED) is 0.705. The molecule has 0 amide bonds. The molecular formula is C8H14Cl2O4. The van der Waals surface area contributed by atoms with Crippen molar-refractivity contribution in [2.75, 3.05) is 14.2 Å². The van der Waals surface area contributed by atoms with Crippen LogP contribution in [0.25, 0.3) is 0 Å². The SMILES string of the molecule is CO[C@@H](C)C(=O)Cl.CO[C@H](C)C(=O)Cl. The standard InChI is InChI=1S/2C4H7ClO2/c2*1-3(7-2)4(5)6/h2*3H,1-2H3/t2*3-/m10/s1. The number of methoxy groups -OCH3 is 2. The average molecular weight is 245 g/mol. The van der Waals surface area contributed by atoms with Crippen LogP contribution in [0.5, 0.6) is 0 Å². The molecular weight excluding hydrogens is 231 g/mol. The maximum Gasteiger partial charge on any atom is 0.250 e. The third kappa shape index (κ3) is 9.92. The molecule has 14 heavy (non-hydrogen) atoms. The van der Waals surface area contributed by atoms with Crippen LogP contribution in [0.3, 0.4) is 0 Å². The van der Waals surface area contributed by atoms with Gasteiger partial charge in [-0.05, 0) is 37.0 Å². The van der Waals surface area contributed by atoms with E-state index in [4.69, 9.17) is 23.2 Å². The maximum atomic E-state index is 10.0. The topological polar surface area (TPSA) is 52.6 Å². The zero-order valence-electron chi connectivity index (χ0n) is 8.54. The minimum Gasteiger partial charge on any atom is -0.373 e. The molecule has 0 aromatic rings. The Morgan fingerprint density at radius 1 is 0.929 bits per heavy atom. The van der Waals surface area contributed by atoms with Crippen LogP contribution in [0, 0.1) is 0 Å². The Morgan fingerprint density at radius 3 is 1.14 bits per heavy atom. The lowest BCUT2D eigenvalue weighted by molar-refractivity contribution is -0.120. The molecule has 0 fully saturated rings. The highest BCUT2D eigenvalue weighted by Crippen LogP contribution is 1.92. The predicted octanol–water partition coefficient (Wildman–Crippen LogP) is 1.57. The molecule has 0 aliphatic carbocycles. The van der Waals surface area contributed by atoms with E-state index in [2.05, 4.69) is 9.47 Å². The van der Waals surface area contributed by atoms with Gasteiger partial charge in [-0.25, -0.2) is 0 Å². The molecule has 0 aliphatic heterocycles. The summed E-state index contributed by atoms with van der Waals surface area (Å²) >= 11 is 9.93. The first-order chi connectivity index (χ1) is 6.36. The van der Waals surface area contributed by atoms with Crippen molar-refractivity contribution in [3.63, 3.8) is 0 Å². The van der Waals surface area contributed by atoms with Gasteiger partial charge in [-0.1, -0.05) is 0 Å². The summed E-state index contributed by atoms with van der Waals surface area (Å²) in [5.74, 6) is 0. The third-order valence-electron chi connectivity index (χ3n) is 1.35. The van der Waals surface area contributed by atoms with Crippen LogP contribution in [0.15, 0.2) is 0 Å². The van der Waals surface area contributed by atoms with E-state index in [1.165, 1.54) is 14.2 Å². The summed E-state index contributed by atoms with van der Waals surface area (Å²) in [4.78, 5) is 20.0. The van der Waals surface area contributed by atoms with Crippen LogP contribution < -0.4 is 0 Å². The minimum atomic E-state index is -0.471. The number of carbonyl (C=O) groups excluding carboxylic acids is 2. The molecule has 0 bridgehead atoms. The second-order valence-electron chi connectivity index (χ2n) is 2.36. The highest BCUT2D eigenvalue weighted by atomic mass is 35.5. The van der Waals surface area contributed by atoms with Crippen molar-refractivity contribution >= 4 is 33.7 Å². The van der Waals surface area contributed by atoms with E-state index in [1.54, 1.807) is 13.8 Å². The van der Waals surface area contributed by atoms with Gasteiger partial charge in [0.15, 0.2) is 0 Å². The molecule has 0 aromatic heterocycles. The molecule has 6 heteroatoms. The summed E-state index contributed by atoms with van der Waals surface area (Å²) < 4.78 is 9.06. The van der Waals surface area contributed by atoms with Gasteiger partial charge in [0.05, 0.1) is 0 Å². The number of halogens is 2. The zero-order valence-corrected chi connectivity index (χ0v) is 10.1. The molecule has 0 aromatic carbocycles. The molecule has 0 rings (SSSR count). The molecule has 0 N–H and O–H groups in total. The largest absolute Gasteiger partial charge is 0.373 e. The monoisotopic (exact) mass is 244 g/mol. The predicted molar refractivity (Wildman–Crippen MR) is 54.7 cm³/mol. The van der Waals surface area contributed by atoms with Gasteiger partial charge in [0.1, 0.15) is 12.2 Å². The molecule has 4 nitrogen and oxygen atoms in total. The van der Waals surface area contributed by atoms with Crippen molar-refractivity contribution < 1.29 is 19.1 Å². The van der Waals surface area contributed by atoms with E-state index in [1.807, 2.05) is 0 Å². The van der Waals surface area contributed by atoms with Crippen molar-refractivity contribution in [1.82, 2.24) is 0 Å². The number of carbonyl (C=O) groups is 2. The van der Waals surface area contributed by atoms with E-state index in [0.717, 1.165) is 0 Å². The van der Waals surface area contributed by atoms with Crippen LogP contribution in [0.2, 0.25) is 0 Å². The lowest BCUT2D eigenvalue weighted by atomic mass is 10.5. The van der Waals surface area contributed by atoms with Crippen LogP contribution >= 0.6 is 23.2 Å². The fourth-order valence-electron chi connectivity index (χ4n) is 0.185. The lowest BCUT2D eigenvalue weighted by Gasteiger charge is -1.98. The van der Waals surface area contributed by atoms with Crippen molar-refractivity contribution in [1.29, 1.82) is 0 Å². The first-order valence-corrected chi connectivity index (χ1v) is 4.56. The second-order valence-corrected chi connectivity index (χ2v) is 3.11. The fraction of sp³-hybridized carbons (Fsp3) is 0.750. The highest BCUT2D eigenvalue weighted by Gasteiger charge is 2.05. The van der Waals surface area contributed by atoms with E-state index in [0.29, 0.717) is 0 Å². The maximum absolute atomic E-state index is 10.0. The number of ether oxygens (including phenoxy) is 2. The van der Waals surface area contributed by atoms with Gasteiger partial charge in [0.25, 0.3) is 0 Å². The van der Waals surface area contributed by atoms with Crippen LogP contribution in [0.1, 0.15) is 13.8 Å². The number of rotatable bonds is 4. The molecule has 0 radical (unpaired) electrons. The van der Waals surface area contributed by atoms with Gasteiger partial charge in [-0.15, -0.1) is 0 Å². The Labute approximate surface area is 93.5 Å². The first kappa shape index (κ1) is 16.3. The Bertz CT molecular complexity index is 164. The van der Waals surface area contributed by atoms with E-state index < -0.39 is 22.7 Å². The highest BCUT2D eigenvalue weighted by molar-refractivity contribution is 6.64. The molecule has 0 heterocycles. The summed E-state index contributed by atoms with van der Waals surface area (Å²) in [6.07, 6.45) is -0.941. The molecule has 84 valence electrons. The Kier molecular flexibility index (Phi) is 10.9. The number of hydrogen-bond donors (Lipinski definition) is 0. The van der Waals surface area contributed by atoms with Crippen LogP contribution in [-0.4, -0.2) is 36.9 Å². The molecule has 2 atom stereocenters. The van der Waals surface area contributed by atoms with Crippen molar-refractivity contribution in [3.05, 3.63) is 0 Å². The summed E-state index contributed by atoms with van der Waals surface area (Å²) in [6, 6.07) is 0. The lowest BCUT2D eigenvalue weighted by Crippen LogP contribution is -2.12. The summed E-state index contributed by atoms with van der Waals surface area (Å²) in [5.41, 5.74) is 0. The van der Waals surface area contributed by atoms with E-state index in [9.17, 15) is 9.59 Å². The Morgan fingerprint density at radius 2 is 1.14 bits per heavy atom. The zero-order chi connectivity index (χ0) is 11.7. The molecule has 0 saturated heterocycles. The van der Waals surface area contributed by atoms with Gasteiger partial charge in [0, 0.05) is 14.2 Å². The van der Waals surface area contributed by atoms with Gasteiger partial charge in [0.2, 0.25) is 10.5 Å². The molecule has 0 aliphatic rings.